The molecule has 0 unspecified atom stereocenters. The summed E-state index contributed by atoms with van der Waals surface area (Å²) in [5.41, 5.74) is 0.604. The molecule has 0 spiro atoms. The summed E-state index contributed by atoms with van der Waals surface area (Å²) in [5, 5.41) is 8.85. The average molecular weight is 230 g/mol. The Morgan fingerprint density at radius 1 is 1.35 bits per heavy atom. The van der Waals surface area contributed by atoms with E-state index < -0.39 is 5.97 Å². The Labute approximate surface area is 97.0 Å². The Morgan fingerprint density at radius 2 is 2.18 bits per heavy atom. The molecule has 5 nitrogen and oxygen atoms in total. The van der Waals surface area contributed by atoms with Crippen LogP contribution in [0.2, 0.25) is 0 Å². The normalized spacial score (nSPS) is 10.1. The van der Waals surface area contributed by atoms with Gasteiger partial charge in [0, 0.05) is 12.4 Å². The van der Waals surface area contributed by atoms with Crippen LogP contribution in [-0.4, -0.2) is 20.6 Å². The molecule has 0 aliphatic heterocycles. The summed E-state index contributed by atoms with van der Waals surface area (Å²) in [6.45, 7) is 0.313. The van der Waals surface area contributed by atoms with Crippen molar-refractivity contribution in [3.63, 3.8) is 0 Å². The Kier molecular flexibility index (Phi) is 3.00. The van der Waals surface area contributed by atoms with E-state index in [9.17, 15) is 9.59 Å². The fourth-order valence-corrected chi connectivity index (χ4v) is 1.51. The number of benzene rings is 1. The van der Waals surface area contributed by atoms with Gasteiger partial charge in [0.25, 0.3) is 0 Å². The smallest absolute Gasteiger partial charge is 0.347 e. The molecule has 0 fully saturated rings. The largest absolute Gasteiger partial charge is 0.478 e. The van der Waals surface area contributed by atoms with Gasteiger partial charge in [0.05, 0.1) is 12.1 Å². The van der Waals surface area contributed by atoms with E-state index in [2.05, 4.69) is 4.98 Å². The highest BCUT2D eigenvalue weighted by atomic mass is 16.4. The molecule has 0 atom stereocenters. The SMILES string of the molecule is O=C(O)c1cccc(Cn2cccnc2=O)c1. The molecule has 1 aromatic carbocycles. The van der Waals surface area contributed by atoms with Crippen LogP contribution in [0.15, 0.2) is 47.5 Å². The van der Waals surface area contributed by atoms with Crippen molar-refractivity contribution in [3.8, 4) is 0 Å². The number of hydrogen-bond acceptors (Lipinski definition) is 3. The summed E-state index contributed by atoms with van der Waals surface area (Å²) in [7, 11) is 0. The molecule has 1 heterocycles. The van der Waals surface area contributed by atoms with Gasteiger partial charge >= 0.3 is 11.7 Å². The first kappa shape index (κ1) is 11.1. The molecule has 17 heavy (non-hydrogen) atoms. The number of aromatic carboxylic acids is 1. The maximum Gasteiger partial charge on any atom is 0.347 e. The Balaban J connectivity index is 2.31. The van der Waals surface area contributed by atoms with Crippen LogP contribution in [0, 0.1) is 0 Å². The zero-order chi connectivity index (χ0) is 12.3. The molecular formula is C12H10N2O3. The second kappa shape index (κ2) is 4.61. The molecule has 0 saturated carbocycles. The lowest BCUT2D eigenvalue weighted by molar-refractivity contribution is 0.0696. The molecule has 0 aliphatic carbocycles. The molecule has 0 amide bonds. The number of aromatic nitrogens is 2. The maximum absolute atomic E-state index is 11.4. The standard InChI is InChI=1S/C12H10N2O3/c15-11(16)10-4-1-3-9(7-10)8-14-6-2-5-13-12(14)17/h1-7H,8H2,(H,15,16). The highest BCUT2D eigenvalue weighted by molar-refractivity contribution is 5.87. The Morgan fingerprint density at radius 3 is 2.88 bits per heavy atom. The third-order valence-electron chi connectivity index (χ3n) is 2.31. The van der Waals surface area contributed by atoms with Crippen LogP contribution in [0.5, 0.6) is 0 Å². The predicted molar refractivity (Wildman–Crippen MR) is 61.0 cm³/mol. The lowest BCUT2D eigenvalue weighted by Crippen LogP contribution is -2.21. The van der Waals surface area contributed by atoms with Crippen molar-refractivity contribution in [1.82, 2.24) is 9.55 Å². The molecule has 2 rings (SSSR count). The summed E-state index contributed by atoms with van der Waals surface area (Å²) in [4.78, 5) is 25.8. The van der Waals surface area contributed by atoms with Crippen LogP contribution in [0.25, 0.3) is 0 Å². The van der Waals surface area contributed by atoms with Crippen molar-refractivity contribution in [1.29, 1.82) is 0 Å². The van der Waals surface area contributed by atoms with Crippen molar-refractivity contribution in [2.75, 3.05) is 0 Å². The van der Waals surface area contributed by atoms with E-state index in [0.717, 1.165) is 5.56 Å². The highest BCUT2D eigenvalue weighted by Gasteiger charge is 2.04. The van der Waals surface area contributed by atoms with Gasteiger partial charge in [0.2, 0.25) is 0 Å². The van der Waals surface area contributed by atoms with Crippen molar-refractivity contribution in [3.05, 3.63) is 64.3 Å². The molecular weight excluding hydrogens is 220 g/mol. The lowest BCUT2D eigenvalue weighted by atomic mass is 10.1. The minimum absolute atomic E-state index is 0.208. The molecule has 0 bridgehead atoms. The first-order chi connectivity index (χ1) is 8.16. The Bertz CT molecular complexity index is 604. The van der Waals surface area contributed by atoms with Gasteiger partial charge < -0.3 is 5.11 Å². The van der Waals surface area contributed by atoms with Gasteiger partial charge in [0.15, 0.2) is 0 Å². The van der Waals surface area contributed by atoms with Gasteiger partial charge in [-0.25, -0.2) is 14.6 Å². The van der Waals surface area contributed by atoms with Gasteiger partial charge in [0.1, 0.15) is 0 Å². The number of carboxylic acids is 1. The summed E-state index contributed by atoms with van der Waals surface area (Å²) in [6, 6.07) is 8.13. The first-order valence-electron chi connectivity index (χ1n) is 5.00. The fraction of sp³-hybridized carbons (Fsp3) is 0.0833. The number of hydrogen-bond donors (Lipinski definition) is 1. The summed E-state index contributed by atoms with van der Waals surface area (Å²) in [6.07, 6.45) is 3.04. The fourth-order valence-electron chi connectivity index (χ4n) is 1.51. The van der Waals surface area contributed by atoms with E-state index in [1.165, 1.54) is 16.8 Å². The van der Waals surface area contributed by atoms with Crippen molar-refractivity contribution in [2.45, 2.75) is 6.54 Å². The van der Waals surface area contributed by atoms with E-state index in [-0.39, 0.29) is 11.3 Å². The minimum Gasteiger partial charge on any atom is -0.478 e. The van der Waals surface area contributed by atoms with Gasteiger partial charge in [-0.3, -0.25) is 4.57 Å². The Hall–Kier alpha value is -2.43. The van der Waals surface area contributed by atoms with Gasteiger partial charge in [-0.2, -0.15) is 0 Å². The number of rotatable bonds is 3. The number of nitrogens with zero attached hydrogens (tertiary/aromatic N) is 2. The van der Waals surface area contributed by atoms with E-state index in [4.69, 9.17) is 5.11 Å². The predicted octanol–water partition coefficient (Wildman–Crippen LogP) is 0.990. The minimum atomic E-state index is -0.981. The average Bonchev–Trinajstić information content (AvgIpc) is 2.32. The van der Waals surface area contributed by atoms with E-state index >= 15 is 0 Å². The first-order valence-corrected chi connectivity index (χ1v) is 5.00. The molecule has 0 radical (unpaired) electrons. The summed E-state index contributed by atoms with van der Waals surface area (Å²) in [5.74, 6) is -0.981. The number of carbonyl (C=O) groups is 1. The molecule has 1 aromatic heterocycles. The van der Waals surface area contributed by atoms with Crippen molar-refractivity contribution >= 4 is 5.97 Å². The van der Waals surface area contributed by atoms with Crippen molar-refractivity contribution < 1.29 is 9.90 Å². The molecule has 1 N–H and O–H groups in total. The molecule has 0 aliphatic rings. The summed E-state index contributed by atoms with van der Waals surface area (Å²) < 4.78 is 1.42. The third-order valence-corrected chi connectivity index (χ3v) is 2.31. The van der Waals surface area contributed by atoms with E-state index in [1.54, 1.807) is 30.5 Å². The monoisotopic (exact) mass is 230 g/mol. The molecule has 5 heteroatoms. The number of carboxylic acid groups (broad SMARTS) is 1. The highest BCUT2D eigenvalue weighted by Crippen LogP contribution is 2.06. The van der Waals surface area contributed by atoms with Crippen LogP contribution >= 0.6 is 0 Å². The van der Waals surface area contributed by atoms with Crippen LogP contribution in [0.1, 0.15) is 15.9 Å². The quantitative estimate of drug-likeness (QED) is 0.853. The lowest BCUT2D eigenvalue weighted by Gasteiger charge is -2.05. The maximum atomic E-state index is 11.4. The third kappa shape index (κ3) is 2.57. The van der Waals surface area contributed by atoms with Gasteiger partial charge in [-0.1, -0.05) is 12.1 Å². The van der Waals surface area contributed by atoms with Gasteiger partial charge in [-0.15, -0.1) is 0 Å². The van der Waals surface area contributed by atoms with Crippen LogP contribution < -0.4 is 5.69 Å². The molecule has 86 valence electrons. The second-order valence-electron chi connectivity index (χ2n) is 3.54. The van der Waals surface area contributed by atoms with Crippen molar-refractivity contribution in [2.24, 2.45) is 0 Å². The van der Waals surface area contributed by atoms with Crippen LogP contribution in [0.3, 0.4) is 0 Å². The zero-order valence-electron chi connectivity index (χ0n) is 8.91. The molecule has 0 saturated heterocycles. The second-order valence-corrected chi connectivity index (χ2v) is 3.54. The van der Waals surface area contributed by atoms with Crippen LogP contribution in [-0.2, 0) is 6.54 Å². The summed E-state index contributed by atoms with van der Waals surface area (Å²) >= 11 is 0. The topological polar surface area (TPSA) is 72.2 Å². The van der Waals surface area contributed by atoms with E-state index in [1.807, 2.05) is 0 Å². The molecule has 2 aromatic rings. The van der Waals surface area contributed by atoms with Crippen LogP contribution in [0.4, 0.5) is 0 Å². The van der Waals surface area contributed by atoms with E-state index in [0.29, 0.717) is 6.54 Å². The van der Waals surface area contributed by atoms with Gasteiger partial charge in [-0.05, 0) is 23.8 Å². The zero-order valence-corrected chi connectivity index (χ0v) is 8.91.